The molecule has 1 rings (SSSR count). The Morgan fingerprint density at radius 2 is 2.10 bits per heavy atom. The highest BCUT2D eigenvalue weighted by Crippen LogP contribution is 2.27. The van der Waals surface area contributed by atoms with Crippen LogP contribution in [0.5, 0.6) is 5.75 Å². The molecule has 7 heteroatoms. The first-order chi connectivity index (χ1) is 9.58. The zero-order valence-electron chi connectivity index (χ0n) is 11.7. The number of rotatable bonds is 8. The number of anilines is 2. The molecule has 0 saturated heterocycles. The van der Waals surface area contributed by atoms with Crippen LogP contribution < -0.4 is 21.1 Å². The molecule has 0 aliphatic rings. The summed E-state index contributed by atoms with van der Waals surface area (Å²) in [6, 6.07) is 2.65. The van der Waals surface area contributed by atoms with Gasteiger partial charge in [0.1, 0.15) is 0 Å². The molecule has 0 fully saturated rings. The van der Waals surface area contributed by atoms with Gasteiger partial charge in [0, 0.05) is 38.8 Å². The van der Waals surface area contributed by atoms with E-state index in [0.29, 0.717) is 25.4 Å². The van der Waals surface area contributed by atoms with Crippen molar-refractivity contribution in [3.05, 3.63) is 17.9 Å². The minimum atomic E-state index is -0.521. The van der Waals surface area contributed by atoms with E-state index >= 15 is 0 Å². The Hall–Kier alpha value is -2.02. The predicted molar refractivity (Wildman–Crippen MR) is 75.4 cm³/mol. The summed E-state index contributed by atoms with van der Waals surface area (Å²) in [7, 11) is 2.94. The first kappa shape index (κ1) is 16.0. The second-order valence-corrected chi connectivity index (χ2v) is 4.09. The molecule has 0 unspecified atom stereocenters. The SMILES string of the molecule is COCCNC(=O)CCNc1cc(OC)c(F)cc1N. The number of benzene rings is 1. The summed E-state index contributed by atoms with van der Waals surface area (Å²) in [4.78, 5) is 11.4. The molecule has 0 aliphatic heterocycles. The lowest BCUT2D eigenvalue weighted by molar-refractivity contribution is -0.121. The lowest BCUT2D eigenvalue weighted by Gasteiger charge is -2.11. The highest BCUT2D eigenvalue weighted by atomic mass is 19.1. The minimum Gasteiger partial charge on any atom is -0.494 e. The summed E-state index contributed by atoms with van der Waals surface area (Å²) in [5, 5.41) is 5.67. The van der Waals surface area contributed by atoms with E-state index in [9.17, 15) is 9.18 Å². The zero-order chi connectivity index (χ0) is 15.0. The van der Waals surface area contributed by atoms with Gasteiger partial charge in [0.05, 0.1) is 25.1 Å². The molecule has 0 heterocycles. The number of carbonyl (C=O) groups is 1. The van der Waals surface area contributed by atoms with Crippen LogP contribution in [0.1, 0.15) is 6.42 Å². The minimum absolute atomic E-state index is 0.0952. The van der Waals surface area contributed by atoms with Gasteiger partial charge in [-0.05, 0) is 0 Å². The molecule has 1 aromatic carbocycles. The van der Waals surface area contributed by atoms with Gasteiger partial charge >= 0.3 is 0 Å². The van der Waals surface area contributed by atoms with E-state index < -0.39 is 5.82 Å². The van der Waals surface area contributed by atoms with E-state index in [2.05, 4.69) is 10.6 Å². The summed E-state index contributed by atoms with van der Waals surface area (Å²) < 4.78 is 23.0. The van der Waals surface area contributed by atoms with Crippen molar-refractivity contribution in [3.63, 3.8) is 0 Å². The molecule has 4 N–H and O–H groups in total. The van der Waals surface area contributed by atoms with Gasteiger partial charge in [-0.25, -0.2) is 4.39 Å². The van der Waals surface area contributed by atoms with Crippen molar-refractivity contribution in [3.8, 4) is 5.75 Å². The van der Waals surface area contributed by atoms with Gasteiger partial charge in [-0.2, -0.15) is 0 Å². The second-order valence-electron chi connectivity index (χ2n) is 4.09. The number of nitrogen functional groups attached to an aromatic ring is 1. The molecule has 0 aromatic heterocycles. The van der Waals surface area contributed by atoms with Gasteiger partial charge < -0.3 is 25.8 Å². The van der Waals surface area contributed by atoms with Crippen molar-refractivity contribution >= 4 is 17.3 Å². The van der Waals surface area contributed by atoms with Gasteiger partial charge in [0.25, 0.3) is 0 Å². The Morgan fingerprint density at radius 1 is 1.35 bits per heavy atom. The maximum Gasteiger partial charge on any atom is 0.221 e. The quantitative estimate of drug-likeness (QED) is 0.490. The molecule has 0 atom stereocenters. The number of hydrogen-bond acceptors (Lipinski definition) is 5. The number of methoxy groups -OCH3 is 2. The van der Waals surface area contributed by atoms with Crippen LogP contribution in [0.25, 0.3) is 0 Å². The first-order valence-corrected chi connectivity index (χ1v) is 6.21. The van der Waals surface area contributed by atoms with Crippen LogP contribution in [0.3, 0.4) is 0 Å². The average Bonchev–Trinajstić information content (AvgIpc) is 2.41. The summed E-state index contributed by atoms with van der Waals surface area (Å²) in [5.74, 6) is -0.513. The zero-order valence-corrected chi connectivity index (χ0v) is 11.7. The highest BCUT2D eigenvalue weighted by Gasteiger charge is 2.08. The molecule has 0 spiro atoms. The first-order valence-electron chi connectivity index (χ1n) is 6.21. The average molecular weight is 285 g/mol. The Labute approximate surface area is 117 Å². The molecule has 0 saturated carbocycles. The summed E-state index contributed by atoms with van der Waals surface area (Å²) in [5.41, 5.74) is 6.49. The number of ether oxygens (including phenoxy) is 2. The molecule has 20 heavy (non-hydrogen) atoms. The van der Waals surface area contributed by atoms with E-state index in [1.165, 1.54) is 19.2 Å². The van der Waals surface area contributed by atoms with Crippen LogP contribution in [0, 0.1) is 5.82 Å². The highest BCUT2D eigenvalue weighted by molar-refractivity contribution is 5.77. The topological polar surface area (TPSA) is 85.6 Å². The van der Waals surface area contributed by atoms with Crippen molar-refractivity contribution in [1.29, 1.82) is 0 Å². The molecule has 6 nitrogen and oxygen atoms in total. The van der Waals surface area contributed by atoms with Crippen LogP contribution in [0.15, 0.2) is 12.1 Å². The Morgan fingerprint density at radius 3 is 2.75 bits per heavy atom. The number of carbonyl (C=O) groups excluding carboxylic acids is 1. The lowest BCUT2D eigenvalue weighted by atomic mass is 10.2. The van der Waals surface area contributed by atoms with Crippen LogP contribution in [-0.2, 0) is 9.53 Å². The molecule has 0 aliphatic carbocycles. The van der Waals surface area contributed by atoms with Crippen molar-refractivity contribution < 1.29 is 18.7 Å². The third-order valence-electron chi connectivity index (χ3n) is 2.62. The van der Waals surface area contributed by atoms with E-state index in [0.717, 1.165) is 0 Å². The number of amides is 1. The number of nitrogens with one attached hydrogen (secondary N) is 2. The van der Waals surface area contributed by atoms with E-state index in [-0.39, 0.29) is 23.8 Å². The number of halogens is 1. The summed E-state index contributed by atoms with van der Waals surface area (Å²) >= 11 is 0. The second kappa shape index (κ2) is 8.21. The molecular weight excluding hydrogens is 265 g/mol. The summed E-state index contributed by atoms with van der Waals surface area (Å²) in [6.07, 6.45) is 0.281. The largest absolute Gasteiger partial charge is 0.494 e. The van der Waals surface area contributed by atoms with Crippen molar-refractivity contribution in [1.82, 2.24) is 5.32 Å². The van der Waals surface area contributed by atoms with Crippen LogP contribution in [0.4, 0.5) is 15.8 Å². The van der Waals surface area contributed by atoms with Gasteiger partial charge in [0.2, 0.25) is 5.91 Å². The van der Waals surface area contributed by atoms with Crippen molar-refractivity contribution in [2.24, 2.45) is 0 Å². The van der Waals surface area contributed by atoms with E-state index in [1.54, 1.807) is 7.11 Å². The standard InChI is InChI=1S/C13H20FN3O3/c1-19-6-5-17-13(18)3-4-16-11-8-12(20-2)9(14)7-10(11)15/h7-8,16H,3-6,15H2,1-2H3,(H,17,18). The third-order valence-corrected chi connectivity index (χ3v) is 2.62. The van der Waals surface area contributed by atoms with Gasteiger partial charge in [-0.15, -0.1) is 0 Å². The van der Waals surface area contributed by atoms with Crippen LogP contribution >= 0.6 is 0 Å². The smallest absolute Gasteiger partial charge is 0.221 e. The van der Waals surface area contributed by atoms with Crippen molar-refractivity contribution in [2.45, 2.75) is 6.42 Å². The molecule has 112 valence electrons. The van der Waals surface area contributed by atoms with E-state index in [1.807, 2.05) is 0 Å². The molecule has 0 radical (unpaired) electrons. The maximum atomic E-state index is 13.3. The van der Waals surface area contributed by atoms with Gasteiger partial charge in [-0.1, -0.05) is 0 Å². The fourth-order valence-corrected chi connectivity index (χ4v) is 1.57. The van der Waals surface area contributed by atoms with Crippen molar-refractivity contribution in [2.75, 3.05) is 45.0 Å². The van der Waals surface area contributed by atoms with Crippen LogP contribution in [0.2, 0.25) is 0 Å². The monoisotopic (exact) mass is 285 g/mol. The van der Waals surface area contributed by atoms with Gasteiger partial charge in [-0.3, -0.25) is 4.79 Å². The third kappa shape index (κ3) is 4.93. The fourth-order valence-electron chi connectivity index (χ4n) is 1.57. The van der Waals surface area contributed by atoms with Gasteiger partial charge in [0.15, 0.2) is 11.6 Å². The summed E-state index contributed by atoms with van der Waals surface area (Å²) in [6.45, 7) is 1.33. The normalized spacial score (nSPS) is 10.2. The molecule has 1 amide bonds. The van der Waals surface area contributed by atoms with Crippen LogP contribution in [-0.4, -0.2) is 39.8 Å². The predicted octanol–water partition coefficient (Wildman–Crippen LogP) is 0.981. The lowest BCUT2D eigenvalue weighted by Crippen LogP contribution is -2.28. The number of nitrogens with two attached hydrogens (primary N) is 1. The Balaban J connectivity index is 2.44. The maximum absolute atomic E-state index is 13.3. The fraction of sp³-hybridized carbons (Fsp3) is 0.462. The molecule has 1 aromatic rings. The number of hydrogen-bond donors (Lipinski definition) is 3. The molecule has 0 bridgehead atoms. The van der Waals surface area contributed by atoms with E-state index in [4.69, 9.17) is 15.2 Å². The Kier molecular flexibility index (Phi) is 6.58. The molecular formula is C13H20FN3O3. The Bertz CT molecular complexity index is 455.